The summed E-state index contributed by atoms with van der Waals surface area (Å²) in [4.78, 5) is 49.0. The van der Waals surface area contributed by atoms with E-state index in [-0.39, 0.29) is 12.3 Å². The maximum Gasteiger partial charge on any atom is 0.424 e. The lowest BCUT2D eigenvalue weighted by molar-refractivity contribution is -0.384. The van der Waals surface area contributed by atoms with Gasteiger partial charge in [-0.05, 0) is 50.1 Å². The highest BCUT2D eigenvalue weighted by Gasteiger charge is 2.35. The summed E-state index contributed by atoms with van der Waals surface area (Å²) in [5.41, 5.74) is -0.549. The number of carbonyl (C=O) groups is 3. The molecule has 10 heteroatoms. The number of hydrogen-bond acceptors (Lipinski definition) is 8. The van der Waals surface area contributed by atoms with Crippen molar-refractivity contribution in [2.75, 3.05) is 7.11 Å². The smallest absolute Gasteiger partial charge is 0.424 e. The minimum Gasteiger partial charge on any atom is -0.464 e. The van der Waals surface area contributed by atoms with Crippen molar-refractivity contribution in [1.29, 1.82) is 0 Å². The number of nitro benzene ring substituents is 1. The molecule has 0 heterocycles. The fourth-order valence-electron chi connectivity index (χ4n) is 2.53. The summed E-state index contributed by atoms with van der Waals surface area (Å²) in [5.74, 6) is -0.961. The van der Waals surface area contributed by atoms with Crippen LogP contribution in [0.3, 0.4) is 0 Å². The Hall–Kier alpha value is -4.21. The number of nitrogens with zero attached hydrogens (tertiary/aromatic N) is 2. The number of methoxy groups -OCH3 is 1. The molecule has 2 aromatic rings. The highest BCUT2D eigenvalue weighted by Crippen LogP contribution is 2.20. The predicted molar refractivity (Wildman–Crippen MR) is 118 cm³/mol. The fourth-order valence-corrected chi connectivity index (χ4v) is 2.53. The molecule has 0 bridgehead atoms. The zero-order chi connectivity index (χ0) is 24.6. The minimum atomic E-state index is -1.19. The Morgan fingerprint density at radius 3 is 2.12 bits per heavy atom. The number of esters is 1. The van der Waals surface area contributed by atoms with Crippen LogP contribution in [0.25, 0.3) is 6.08 Å². The standard InChI is InChI=1S/C23H24N2O8/c1-23(2,3)33-22(28)24(19(20(26)31-4)14-16-8-6-5-7-9-16)21(27)32-15-17-10-12-18(13-11-17)25(29)30/h5-14H,15H2,1-4H3/b19-14+. The van der Waals surface area contributed by atoms with Gasteiger partial charge in [-0.2, -0.15) is 4.90 Å². The Balaban J connectivity index is 2.37. The first-order valence-electron chi connectivity index (χ1n) is 9.80. The molecule has 2 amide bonds. The van der Waals surface area contributed by atoms with Gasteiger partial charge in [-0.1, -0.05) is 30.3 Å². The third kappa shape index (κ3) is 7.46. The molecule has 0 aliphatic heterocycles. The van der Waals surface area contributed by atoms with Gasteiger partial charge in [0.2, 0.25) is 0 Å². The number of benzene rings is 2. The van der Waals surface area contributed by atoms with Crippen LogP contribution in [0.2, 0.25) is 0 Å². The van der Waals surface area contributed by atoms with Gasteiger partial charge < -0.3 is 14.2 Å². The average molecular weight is 456 g/mol. The number of amides is 2. The molecular formula is C23H24N2O8. The van der Waals surface area contributed by atoms with Gasteiger partial charge in [-0.15, -0.1) is 0 Å². The number of non-ortho nitro benzene ring substituents is 1. The molecule has 0 radical (unpaired) electrons. The van der Waals surface area contributed by atoms with Crippen LogP contribution in [-0.2, 0) is 25.6 Å². The normalized spacial score (nSPS) is 11.3. The Kier molecular flexibility index (Phi) is 8.27. The Morgan fingerprint density at radius 1 is 1.00 bits per heavy atom. The van der Waals surface area contributed by atoms with Crippen LogP contribution in [-0.4, -0.2) is 40.7 Å². The second kappa shape index (κ2) is 10.9. The topological polar surface area (TPSA) is 125 Å². The third-order valence-corrected chi connectivity index (χ3v) is 4.01. The van der Waals surface area contributed by atoms with Crippen LogP contribution < -0.4 is 0 Å². The highest BCUT2D eigenvalue weighted by molar-refractivity contribution is 6.04. The van der Waals surface area contributed by atoms with Gasteiger partial charge in [0, 0.05) is 12.1 Å². The highest BCUT2D eigenvalue weighted by atomic mass is 16.6. The van der Waals surface area contributed by atoms with Crippen molar-refractivity contribution < 1.29 is 33.5 Å². The fraction of sp³-hybridized carbons (Fsp3) is 0.261. The summed E-state index contributed by atoms with van der Waals surface area (Å²) in [5, 5.41) is 10.8. The minimum absolute atomic E-state index is 0.126. The maximum atomic E-state index is 12.9. The Bertz CT molecular complexity index is 1040. The number of hydrogen-bond donors (Lipinski definition) is 0. The van der Waals surface area contributed by atoms with Crippen molar-refractivity contribution in [3.63, 3.8) is 0 Å². The van der Waals surface area contributed by atoms with Gasteiger partial charge in [-0.3, -0.25) is 10.1 Å². The maximum absolute atomic E-state index is 12.9. The van der Waals surface area contributed by atoms with Crippen LogP contribution in [0.15, 0.2) is 60.3 Å². The van der Waals surface area contributed by atoms with Crippen LogP contribution in [0.1, 0.15) is 31.9 Å². The first kappa shape index (κ1) is 25.1. The number of rotatable bonds is 6. The van der Waals surface area contributed by atoms with E-state index in [1.54, 1.807) is 51.1 Å². The molecule has 0 aromatic heterocycles. The zero-order valence-electron chi connectivity index (χ0n) is 18.6. The van der Waals surface area contributed by atoms with Crippen molar-refractivity contribution in [1.82, 2.24) is 4.90 Å². The lowest BCUT2D eigenvalue weighted by Gasteiger charge is -2.26. The molecule has 0 spiro atoms. The Morgan fingerprint density at radius 2 is 1.61 bits per heavy atom. The molecule has 0 saturated heterocycles. The van der Waals surface area contributed by atoms with Crippen LogP contribution in [0, 0.1) is 10.1 Å². The van der Waals surface area contributed by atoms with E-state index in [1.807, 2.05) is 0 Å². The number of carbonyl (C=O) groups excluding carboxylic acids is 3. The first-order chi connectivity index (χ1) is 15.5. The summed E-state index contributed by atoms with van der Waals surface area (Å²) in [7, 11) is 1.11. The molecule has 0 N–H and O–H groups in total. The SMILES string of the molecule is COC(=O)/C(=C\c1ccccc1)N(C(=O)OCc1ccc([N+](=O)[O-])cc1)C(=O)OC(C)(C)C. The van der Waals surface area contributed by atoms with Crippen molar-refractivity contribution in [3.8, 4) is 0 Å². The monoisotopic (exact) mass is 456 g/mol. The van der Waals surface area contributed by atoms with Gasteiger partial charge in [0.05, 0.1) is 12.0 Å². The largest absolute Gasteiger partial charge is 0.464 e. The van der Waals surface area contributed by atoms with E-state index < -0.39 is 34.4 Å². The quantitative estimate of drug-likeness (QED) is 0.202. The van der Waals surface area contributed by atoms with Crippen LogP contribution >= 0.6 is 0 Å². The van der Waals surface area contributed by atoms with E-state index in [4.69, 9.17) is 14.2 Å². The molecule has 10 nitrogen and oxygen atoms in total. The van der Waals surface area contributed by atoms with E-state index in [0.717, 1.165) is 7.11 Å². The van der Waals surface area contributed by atoms with Gasteiger partial charge in [0.25, 0.3) is 5.69 Å². The molecular weight excluding hydrogens is 432 g/mol. The van der Waals surface area contributed by atoms with Crippen molar-refractivity contribution in [2.24, 2.45) is 0 Å². The molecule has 2 aromatic carbocycles. The molecule has 0 atom stereocenters. The Labute approximate surface area is 190 Å². The van der Waals surface area contributed by atoms with Gasteiger partial charge in [0.1, 0.15) is 17.9 Å². The summed E-state index contributed by atoms with van der Waals surface area (Å²) in [6, 6.07) is 13.8. The van der Waals surface area contributed by atoms with Gasteiger partial charge in [-0.25, -0.2) is 14.4 Å². The number of imide groups is 1. The summed E-state index contributed by atoms with van der Waals surface area (Å²) in [6.45, 7) is 4.49. The van der Waals surface area contributed by atoms with E-state index in [2.05, 4.69) is 0 Å². The predicted octanol–water partition coefficient (Wildman–Crippen LogP) is 4.68. The van der Waals surface area contributed by atoms with Crippen molar-refractivity contribution in [2.45, 2.75) is 33.0 Å². The third-order valence-electron chi connectivity index (χ3n) is 4.01. The summed E-state index contributed by atoms with van der Waals surface area (Å²) in [6.07, 6.45) is -1.03. The van der Waals surface area contributed by atoms with E-state index in [9.17, 15) is 24.5 Å². The first-order valence-corrected chi connectivity index (χ1v) is 9.80. The van der Waals surface area contributed by atoms with Crippen LogP contribution in [0.4, 0.5) is 15.3 Å². The average Bonchev–Trinajstić information content (AvgIpc) is 2.76. The lowest BCUT2D eigenvalue weighted by Crippen LogP contribution is -2.42. The molecule has 0 unspecified atom stereocenters. The van der Waals surface area contributed by atoms with Gasteiger partial charge in [0.15, 0.2) is 0 Å². The van der Waals surface area contributed by atoms with E-state index >= 15 is 0 Å². The van der Waals surface area contributed by atoms with E-state index in [0.29, 0.717) is 16.0 Å². The number of nitro groups is 1. The van der Waals surface area contributed by atoms with E-state index in [1.165, 1.54) is 30.3 Å². The molecule has 174 valence electrons. The molecule has 33 heavy (non-hydrogen) atoms. The molecule has 0 fully saturated rings. The number of ether oxygens (including phenoxy) is 3. The van der Waals surface area contributed by atoms with Crippen LogP contribution in [0.5, 0.6) is 0 Å². The zero-order valence-corrected chi connectivity index (χ0v) is 18.6. The van der Waals surface area contributed by atoms with Gasteiger partial charge >= 0.3 is 18.2 Å². The molecule has 2 rings (SSSR count). The lowest BCUT2D eigenvalue weighted by atomic mass is 10.2. The van der Waals surface area contributed by atoms with Crippen molar-refractivity contribution >= 4 is 29.9 Å². The summed E-state index contributed by atoms with van der Waals surface area (Å²) >= 11 is 0. The summed E-state index contributed by atoms with van der Waals surface area (Å²) < 4.78 is 15.3. The van der Waals surface area contributed by atoms with Crippen molar-refractivity contribution in [3.05, 3.63) is 81.5 Å². The second-order valence-corrected chi connectivity index (χ2v) is 7.73. The second-order valence-electron chi connectivity index (χ2n) is 7.73. The molecule has 0 aliphatic carbocycles. The molecule has 0 saturated carbocycles. The molecule has 0 aliphatic rings.